The van der Waals surface area contributed by atoms with Crippen LogP contribution in [0, 0.1) is 5.92 Å². The minimum Gasteiger partial charge on any atom is -0.342 e. The van der Waals surface area contributed by atoms with Gasteiger partial charge in [0.05, 0.1) is 6.54 Å². The van der Waals surface area contributed by atoms with Crippen molar-refractivity contribution in [3.05, 3.63) is 0 Å². The van der Waals surface area contributed by atoms with Crippen molar-refractivity contribution in [3.8, 4) is 0 Å². The number of nitrogens with zero attached hydrogens (tertiary/aromatic N) is 2. The van der Waals surface area contributed by atoms with Crippen molar-refractivity contribution in [2.24, 2.45) is 5.92 Å². The lowest BCUT2D eigenvalue weighted by Gasteiger charge is -2.23. The van der Waals surface area contributed by atoms with Crippen molar-refractivity contribution < 1.29 is 9.59 Å². The summed E-state index contributed by atoms with van der Waals surface area (Å²) in [6, 6.07) is 0. The summed E-state index contributed by atoms with van der Waals surface area (Å²) in [5.41, 5.74) is 0. The second-order valence-electron chi connectivity index (χ2n) is 5.21. The van der Waals surface area contributed by atoms with Crippen LogP contribution in [0.2, 0.25) is 0 Å². The Morgan fingerprint density at radius 1 is 1.21 bits per heavy atom. The van der Waals surface area contributed by atoms with Crippen LogP contribution < -0.4 is 5.32 Å². The summed E-state index contributed by atoms with van der Waals surface area (Å²) in [5, 5.41) is 3.30. The standard InChI is InChI=1S/C14H27N3O2/c1-4-17(5-2)14(19)11-16(3)13(18)7-6-12-8-9-15-10-12/h12,15H,4-11H2,1-3H3. The smallest absolute Gasteiger partial charge is 0.242 e. The molecule has 0 aliphatic carbocycles. The van der Waals surface area contributed by atoms with Crippen molar-refractivity contribution in [3.63, 3.8) is 0 Å². The molecule has 1 aliphatic heterocycles. The lowest BCUT2D eigenvalue weighted by Crippen LogP contribution is -2.41. The van der Waals surface area contributed by atoms with Crippen LogP contribution in [0.3, 0.4) is 0 Å². The molecule has 1 atom stereocenters. The van der Waals surface area contributed by atoms with E-state index in [1.165, 1.54) is 0 Å². The molecule has 110 valence electrons. The number of nitrogens with one attached hydrogen (secondary N) is 1. The highest BCUT2D eigenvalue weighted by molar-refractivity contribution is 5.84. The molecule has 0 aromatic carbocycles. The van der Waals surface area contributed by atoms with Gasteiger partial charge in [-0.25, -0.2) is 0 Å². The van der Waals surface area contributed by atoms with Gasteiger partial charge in [-0.05, 0) is 45.7 Å². The minimum atomic E-state index is 0.0309. The number of carbonyl (C=O) groups is 2. The van der Waals surface area contributed by atoms with E-state index in [4.69, 9.17) is 0 Å². The van der Waals surface area contributed by atoms with Gasteiger partial charge in [-0.2, -0.15) is 0 Å². The Balaban J connectivity index is 2.29. The fourth-order valence-electron chi connectivity index (χ4n) is 2.45. The molecule has 1 saturated heterocycles. The first-order valence-corrected chi connectivity index (χ1v) is 7.30. The van der Waals surface area contributed by atoms with Gasteiger partial charge < -0.3 is 15.1 Å². The molecule has 0 saturated carbocycles. The molecule has 5 heteroatoms. The molecular weight excluding hydrogens is 242 g/mol. The molecule has 0 aromatic heterocycles. The molecule has 1 heterocycles. The van der Waals surface area contributed by atoms with Gasteiger partial charge in [0.1, 0.15) is 0 Å². The molecule has 0 spiro atoms. The van der Waals surface area contributed by atoms with Crippen LogP contribution in [0.15, 0.2) is 0 Å². The topological polar surface area (TPSA) is 52.7 Å². The van der Waals surface area contributed by atoms with Crippen LogP contribution in [0.25, 0.3) is 0 Å². The molecule has 2 amide bonds. The summed E-state index contributed by atoms with van der Waals surface area (Å²) in [7, 11) is 1.72. The Hall–Kier alpha value is -1.10. The SMILES string of the molecule is CCN(CC)C(=O)CN(C)C(=O)CCC1CCNC1. The third-order valence-corrected chi connectivity index (χ3v) is 3.84. The zero-order valence-electron chi connectivity index (χ0n) is 12.4. The molecule has 1 unspecified atom stereocenters. The van der Waals surface area contributed by atoms with Gasteiger partial charge in [-0.3, -0.25) is 9.59 Å². The maximum absolute atomic E-state index is 12.0. The number of amides is 2. The van der Waals surface area contributed by atoms with Crippen molar-refractivity contribution in [1.82, 2.24) is 15.1 Å². The fraction of sp³-hybridized carbons (Fsp3) is 0.857. The first kappa shape index (κ1) is 16.0. The third kappa shape index (κ3) is 5.19. The van der Waals surface area contributed by atoms with Gasteiger partial charge in [-0.1, -0.05) is 0 Å². The maximum atomic E-state index is 12.0. The average molecular weight is 269 g/mol. The number of likely N-dealkylation sites (N-methyl/N-ethyl adjacent to an activating group) is 2. The molecular formula is C14H27N3O2. The monoisotopic (exact) mass is 269 g/mol. The van der Waals surface area contributed by atoms with Gasteiger partial charge in [0.2, 0.25) is 11.8 Å². The summed E-state index contributed by atoms with van der Waals surface area (Å²) in [6.45, 7) is 7.59. The molecule has 0 bridgehead atoms. The first-order chi connectivity index (χ1) is 9.08. The van der Waals surface area contributed by atoms with Gasteiger partial charge in [0, 0.05) is 26.6 Å². The quantitative estimate of drug-likeness (QED) is 0.740. The fourth-order valence-corrected chi connectivity index (χ4v) is 2.45. The number of carbonyl (C=O) groups excluding carboxylic acids is 2. The van der Waals surface area contributed by atoms with E-state index in [9.17, 15) is 9.59 Å². The van der Waals surface area contributed by atoms with Crippen LogP contribution in [0.4, 0.5) is 0 Å². The van der Waals surface area contributed by atoms with Crippen molar-refractivity contribution in [2.45, 2.75) is 33.1 Å². The largest absolute Gasteiger partial charge is 0.342 e. The van der Waals surface area contributed by atoms with Gasteiger partial charge in [0.25, 0.3) is 0 Å². The summed E-state index contributed by atoms with van der Waals surface area (Å²) >= 11 is 0. The van der Waals surface area contributed by atoms with Crippen LogP contribution in [0.1, 0.15) is 33.1 Å². The summed E-state index contributed by atoms with van der Waals surface area (Å²) in [4.78, 5) is 27.2. The molecule has 1 fully saturated rings. The highest BCUT2D eigenvalue weighted by Crippen LogP contribution is 2.14. The zero-order valence-corrected chi connectivity index (χ0v) is 12.4. The summed E-state index contributed by atoms with van der Waals surface area (Å²) in [6.07, 6.45) is 2.64. The molecule has 19 heavy (non-hydrogen) atoms. The number of hydrogen-bond donors (Lipinski definition) is 1. The van der Waals surface area contributed by atoms with E-state index in [0.29, 0.717) is 25.4 Å². The second kappa shape index (κ2) is 8.15. The molecule has 1 aliphatic rings. The average Bonchev–Trinajstić information content (AvgIpc) is 2.90. The Labute approximate surface area is 116 Å². The zero-order chi connectivity index (χ0) is 14.3. The second-order valence-corrected chi connectivity index (χ2v) is 5.21. The van der Waals surface area contributed by atoms with E-state index < -0.39 is 0 Å². The van der Waals surface area contributed by atoms with E-state index in [-0.39, 0.29) is 18.4 Å². The number of hydrogen-bond acceptors (Lipinski definition) is 3. The van der Waals surface area contributed by atoms with Crippen LogP contribution in [-0.2, 0) is 9.59 Å². The van der Waals surface area contributed by atoms with Crippen molar-refractivity contribution in [1.29, 1.82) is 0 Å². The van der Waals surface area contributed by atoms with E-state index in [1.807, 2.05) is 13.8 Å². The predicted molar refractivity (Wildman–Crippen MR) is 75.8 cm³/mol. The van der Waals surface area contributed by atoms with Crippen LogP contribution in [-0.4, -0.2) is 61.4 Å². The third-order valence-electron chi connectivity index (χ3n) is 3.84. The summed E-state index contributed by atoms with van der Waals surface area (Å²) < 4.78 is 0. The molecule has 1 rings (SSSR count). The maximum Gasteiger partial charge on any atom is 0.242 e. The predicted octanol–water partition coefficient (Wildman–Crippen LogP) is 0.703. The summed E-state index contributed by atoms with van der Waals surface area (Å²) in [5.74, 6) is 0.728. The van der Waals surface area contributed by atoms with Gasteiger partial charge in [-0.15, -0.1) is 0 Å². The Bertz CT molecular complexity index is 297. The number of rotatable bonds is 7. The van der Waals surface area contributed by atoms with Crippen molar-refractivity contribution in [2.75, 3.05) is 39.8 Å². The molecule has 0 aromatic rings. The van der Waals surface area contributed by atoms with Crippen LogP contribution >= 0.6 is 0 Å². The molecule has 1 N–H and O–H groups in total. The van der Waals surface area contributed by atoms with Crippen molar-refractivity contribution >= 4 is 11.8 Å². The van der Waals surface area contributed by atoms with E-state index in [1.54, 1.807) is 16.8 Å². The Morgan fingerprint density at radius 2 is 1.89 bits per heavy atom. The van der Waals surface area contributed by atoms with E-state index >= 15 is 0 Å². The van der Waals surface area contributed by atoms with E-state index in [2.05, 4.69) is 5.32 Å². The lowest BCUT2D eigenvalue weighted by atomic mass is 10.0. The highest BCUT2D eigenvalue weighted by Gasteiger charge is 2.19. The van der Waals surface area contributed by atoms with Crippen LogP contribution in [0.5, 0.6) is 0 Å². The molecule has 5 nitrogen and oxygen atoms in total. The van der Waals surface area contributed by atoms with Gasteiger partial charge in [0.15, 0.2) is 0 Å². The Kier molecular flexibility index (Phi) is 6.84. The first-order valence-electron chi connectivity index (χ1n) is 7.30. The normalized spacial score (nSPS) is 18.4. The highest BCUT2D eigenvalue weighted by atomic mass is 16.2. The van der Waals surface area contributed by atoms with E-state index in [0.717, 1.165) is 25.9 Å². The Morgan fingerprint density at radius 3 is 2.42 bits per heavy atom. The van der Waals surface area contributed by atoms with Gasteiger partial charge >= 0.3 is 0 Å². The minimum absolute atomic E-state index is 0.0309. The lowest BCUT2D eigenvalue weighted by molar-refractivity contribution is -0.139. The molecule has 0 radical (unpaired) electrons.